The molecule has 1 fully saturated rings. The van der Waals surface area contributed by atoms with Crippen LogP contribution in [-0.4, -0.2) is 35.6 Å². The minimum Gasteiger partial charge on any atom is -0.374 e. The molecule has 0 aromatic carbocycles. The Labute approximate surface area is 97.0 Å². The number of hydrogen-bond donors (Lipinski definition) is 1. The fourth-order valence-corrected chi connectivity index (χ4v) is 2.35. The normalized spacial score (nSPS) is 21.3. The van der Waals surface area contributed by atoms with Crippen LogP contribution in [0.25, 0.3) is 0 Å². The van der Waals surface area contributed by atoms with E-state index in [2.05, 4.69) is 35.9 Å². The second kappa shape index (κ2) is 4.97. The summed E-state index contributed by atoms with van der Waals surface area (Å²) in [7, 11) is 0. The molecule has 16 heavy (non-hydrogen) atoms. The van der Waals surface area contributed by atoms with Gasteiger partial charge in [-0.25, -0.2) is 0 Å². The van der Waals surface area contributed by atoms with E-state index in [4.69, 9.17) is 4.74 Å². The summed E-state index contributed by atoms with van der Waals surface area (Å²) in [5, 5.41) is 7.93. The van der Waals surface area contributed by atoms with Crippen LogP contribution in [0.2, 0.25) is 0 Å². The summed E-state index contributed by atoms with van der Waals surface area (Å²) < 4.78 is 7.79. The highest BCUT2D eigenvalue weighted by atomic mass is 16.5. The number of aryl methyl sites for hydroxylation is 1. The Kier molecular flexibility index (Phi) is 3.61. The Morgan fingerprint density at radius 1 is 1.50 bits per heavy atom. The average molecular weight is 223 g/mol. The summed E-state index contributed by atoms with van der Waals surface area (Å²) in [5.41, 5.74) is 3.82. The van der Waals surface area contributed by atoms with E-state index in [9.17, 15) is 0 Å². The Hall–Kier alpha value is -0.870. The molecule has 1 atom stereocenters. The van der Waals surface area contributed by atoms with Gasteiger partial charge in [-0.15, -0.1) is 0 Å². The van der Waals surface area contributed by atoms with Crippen molar-refractivity contribution in [3.8, 4) is 0 Å². The van der Waals surface area contributed by atoms with Crippen molar-refractivity contribution in [2.45, 2.75) is 39.8 Å². The Morgan fingerprint density at radius 2 is 2.31 bits per heavy atom. The van der Waals surface area contributed by atoms with E-state index in [0.29, 0.717) is 0 Å². The van der Waals surface area contributed by atoms with Gasteiger partial charge in [0.15, 0.2) is 0 Å². The van der Waals surface area contributed by atoms with Gasteiger partial charge in [-0.05, 0) is 25.8 Å². The van der Waals surface area contributed by atoms with Crippen LogP contribution in [0.4, 0.5) is 0 Å². The van der Waals surface area contributed by atoms with Gasteiger partial charge in [0, 0.05) is 18.8 Å². The molecule has 1 unspecified atom stereocenters. The van der Waals surface area contributed by atoms with Crippen molar-refractivity contribution in [1.82, 2.24) is 15.1 Å². The summed E-state index contributed by atoms with van der Waals surface area (Å²) in [6.07, 6.45) is 1.32. The third kappa shape index (κ3) is 2.28. The molecule has 1 N–H and O–H groups in total. The van der Waals surface area contributed by atoms with Crippen molar-refractivity contribution in [3.05, 3.63) is 17.0 Å². The van der Waals surface area contributed by atoms with Crippen LogP contribution in [0.15, 0.2) is 0 Å². The topological polar surface area (TPSA) is 39.1 Å². The third-order valence-corrected chi connectivity index (χ3v) is 3.27. The summed E-state index contributed by atoms with van der Waals surface area (Å²) in [6.45, 7) is 9.98. The van der Waals surface area contributed by atoms with E-state index < -0.39 is 0 Å². The number of morpholine rings is 1. The molecular formula is C12H21N3O. The lowest BCUT2D eigenvalue weighted by molar-refractivity contribution is 0.0157. The molecule has 0 radical (unpaired) electrons. The smallest absolute Gasteiger partial charge is 0.0895 e. The van der Waals surface area contributed by atoms with Crippen molar-refractivity contribution in [2.24, 2.45) is 0 Å². The second-order valence-corrected chi connectivity index (χ2v) is 4.38. The minimum absolute atomic E-state index is 0.261. The molecule has 1 aliphatic rings. The van der Waals surface area contributed by atoms with Crippen LogP contribution in [0.5, 0.6) is 0 Å². The highest BCUT2D eigenvalue weighted by Crippen LogP contribution is 2.14. The largest absolute Gasteiger partial charge is 0.374 e. The predicted molar refractivity (Wildman–Crippen MR) is 63.7 cm³/mol. The van der Waals surface area contributed by atoms with Gasteiger partial charge in [-0.1, -0.05) is 6.92 Å². The minimum atomic E-state index is 0.261. The maximum atomic E-state index is 5.70. The number of ether oxygens (including phenoxy) is 1. The molecule has 1 aromatic rings. The second-order valence-electron chi connectivity index (χ2n) is 4.38. The van der Waals surface area contributed by atoms with Gasteiger partial charge in [-0.2, -0.15) is 5.10 Å². The first-order valence-corrected chi connectivity index (χ1v) is 6.07. The zero-order chi connectivity index (χ0) is 11.5. The molecule has 90 valence electrons. The first-order valence-electron chi connectivity index (χ1n) is 6.07. The lowest BCUT2D eigenvalue weighted by atomic mass is 10.1. The SMILES string of the molecule is CCc1c(C)nn(CC2CNCCO2)c1C. The third-order valence-electron chi connectivity index (χ3n) is 3.27. The summed E-state index contributed by atoms with van der Waals surface area (Å²) >= 11 is 0. The molecule has 0 spiro atoms. The van der Waals surface area contributed by atoms with Gasteiger partial charge in [0.1, 0.15) is 0 Å². The van der Waals surface area contributed by atoms with Crippen LogP contribution >= 0.6 is 0 Å². The predicted octanol–water partition coefficient (Wildman–Crippen LogP) is 1.05. The number of hydrogen-bond acceptors (Lipinski definition) is 3. The molecule has 1 aromatic heterocycles. The van der Waals surface area contributed by atoms with Crippen molar-refractivity contribution in [1.29, 1.82) is 0 Å². The fourth-order valence-electron chi connectivity index (χ4n) is 2.35. The zero-order valence-electron chi connectivity index (χ0n) is 10.4. The number of rotatable bonds is 3. The molecule has 4 nitrogen and oxygen atoms in total. The van der Waals surface area contributed by atoms with Gasteiger partial charge >= 0.3 is 0 Å². The van der Waals surface area contributed by atoms with Gasteiger partial charge in [0.05, 0.1) is 24.9 Å². The highest BCUT2D eigenvalue weighted by Gasteiger charge is 2.17. The van der Waals surface area contributed by atoms with Crippen LogP contribution in [-0.2, 0) is 17.7 Å². The van der Waals surface area contributed by atoms with Crippen LogP contribution in [0.1, 0.15) is 23.9 Å². The van der Waals surface area contributed by atoms with E-state index >= 15 is 0 Å². The van der Waals surface area contributed by atoms with E-state index in [1.54, 1.807) is 0 Å². The van der Waals surface area contributed by atoms with Crippen molar-refractivity contribution >= 4 is 0 Å². The number of aromatic nitrogens is 2. The zero-order valence-corrected chi connectivity index (χ0v) is 10.4. The van der Waals surface area contributed by atoms with Crippen molar-refractivity contribution in [2.75, 3.05) is 19.7 Å². The Balaban J connectivity index is 2.08. The molecule has 0 amide bonds. The maximum Gasteiger partial charge on any atom is 0.0895 e. The highest BCUT2D eigenvalue weighted by molar-refractivity contribution is 5.24. The molecule has 2 heterocycles. The molecule has 2 rings (SSSR count). The molecule has 0 saturated carbocycles. The molecule has 1 aliphatic heterocycles. The summed E-state index contributed by atoms with van der Waals surface area (Å²) in [6, 6.07) is 0. The van der Waals surface area contributed by atoms with E-state index in [-0.39, 0.29) is 6.10 Å². The fraction of sp³-hybridized carbons (Fsp3) is 0.750. The molecule has 1 saturated heterocycles. The molecule has 4 heteroatoms. The van der Waals surface area contributed by atoms with Crippen LogP contribution in [0, 0.1) is 13.8 Å². The van der Waals surface area contributed by atoms with Gasteiger partial charge in [0.25, 0.3) is 0 Å². The monoisotopic (exact) mass is 223 g/mol. The summed E-state index contributed by atoms with van der Waals surface area (Å²) in [5.74, 6) is 0. The van der Waals surface area contributed by atoms with E-state index in [0.717, 1.165) is 38.4 Å². The lowest BCUT2D eigenvalue weighted by Crippen LogP contribution is -2.41. The van der Waals surface area contributed by atoms with Crippen molar-refractivity contribution < 1.29 is 4.74 Å². The average Bonchev–Trinajstić information content (AvgIpc) is 2.55. The maximum absolute atomic E-state index is 5.70. The Bertz CT molecular complexity index is 353. The first kappa shape index (κ1) is 11.6. The molecular weight excluding hydrogens is 202 g/mol. The number of nitrogens with zero attached hydrogens (tertiary/aromatic N) is 2. The summed E-state index contributed by atoms with van der Waals surface area (Å²) in [4.78, 5) is 0. The standard InChI is InChI=1S/C12H21N3O/c1-4-12-9(2)14-15(10(12)3)8-11-7-13-5-6-16-11/h11,13H,4-8H2,1-3H3. The van der Waals surface area contributed by atoms with Crippen LogP contribution in [0.3, 0.4) is 0 Å². The molecule has 0 aliphatic carbocycles. The first-order chi connectivity index (χ1) is 7.72. The van der Waals surface area contributed by atoms with Gasteiger partial charge in [0.2, 0.25) is 0 Å². The van der Waals surface area contributed by atoms with Crippen molar-refractivity contribution in [3.63, 3.8) is 0 Å². The van der Waals surface area contributed by atoms with Gasteiger partial charge < -0.3 is 10.1 Å². The van der Waals surface area contributed by atoms with E-state index in [1.807, 2.05) is 0 Å². The lowest BCUT2D eigenvalue weighted by Gasteiger charge is -2.24. The van der Waals surface area contributed by atoms with Crippen LogP contribution < -0.4 is 5.32 Å². The van der Waals surface area contributed by atoms with Gasteiger partial charge in [-0.3, -0.25) is 4.68 Å². The van der Waals surface area contributed by atoms with E-state index in [1.165, 1.54) is 11.3 Å². The quantitative estimate of drug-likeness (QED) is 0.832. The molecule has 0 bridgehead atoms. The number of nitrogens with one attached hydrogen (secondary N) is 1. The Morgan fingerprint density at radius 3 is 2.88 bits per heavy atom.